The summed E-state index contributed by atoms with van der Waals surface area (Å²) in [5.74, 6) is 0.631. The maximum absolute atomic E-state index is 12.9. The fraction of sp³-hybridized carbons (Fsp3) is 0.474. The fourth-order valence-electron chi connectivity index (χ4n) is 3.08. The zero-order valence-electron chi connectivity index (χ0n) is 15.0. The molecule has 0 radical (unpaired) electrons. The number of likely N-dealkylation sites (tertiary alicyclic amines) is 1. The van der Waals surface area contributed by atoms with E-state index >= 15 is 0 Å². The molecule has 2 heterocycles. The molecule has 1 aliphatic rings. The fourth-order valence-corrected chi connectivity index (χ4v) is 3.08. The van der Waals surface area contributed by atoms with Crippen molar-refractivity contribution in [3.05, 3.63) is 47.8 Å². The highest BCUT2D eigenvalue weighted by Gasteiger charge is 2.41. The summed E-state index contributed by atoms with van der Waals surface area (Å²) < 4.78 is 7.74. The molecular weight excluding hydrogens is 318 g/mol. The van der Waals surface area contributed by atoms with Crippen molar-refractivity contribution in [3.8, 4) is 5.75 Å². The molecule has 0 saturated carbocycles. The minimum Gasteiger partial charge on any atom is -0.486 e. The van der Waals surface area contributed by atoms with E-state index in [4.69, 9.17) is 4.74 Å². The summed E-state index contributed by atoms with van der Waals surface area (Å²) in [7, 11) is 0. The van der Waals surface area contributed by atoms with Crippen molar-refractivity contribution < 1.29 is 14.6 Å². The van der Waals surface area contributed by atoms with E-state index in [0.717, 1.165) is 12.2 Å². The van der Waals surface area contributed by atoms with Crippen LogP contribution in [-0.4, -0.2) is 50.5 Å². The Balaban J connectivity index is 1.77. The Bertz CT molecular complexity index is 740. The number of hydrogen-bond acceptors (Lipinski definition) is 4. The van der Waals surface area contributed by atoms with Crippen LogP contribution in [0.15, 0.2) is 36.5 Å². The van der Waals surface area contributed by atoms with Crippen LogP contribution in [0.25, 0.3) is 0 Å². The van der Waals surface area contributed by atoms with E-state index in [-0.39, 0.29) is 5.91 Å². The maximum atomic E-state index is 12.9. The topological polar surface area (TPSA) is 67.6 Å². The summed E-state index contributed by atoms with van der Waals surface area (Å²) in [6.07, 6.45) is 1.78. The van der Waals surface area contributed by atoms with Gasteiger partial charge >= 0.3 is 0 Å². The molecule has 1 aliphatic heterocycles. The van der Waals surface area contributed by atoms with Crippen molar-refractivity contribution in [2.45, 2.75) is 45.4 Å². The monoisotopic (exact) mass is 343 g/mol. The van der Waals surface area contributed by atoms with Crippen LogP contribution >= 0.6 is 0 Å². The minimum absolute atomic E-state index is 0.0608. The Labute approximate surface area is 148 Å². The molecule has 1 fully saturated rings. The van der Waals surface area contributed by atoms with Gasteiger partial charge in [-0.3, -0.25) is 9.48 Å². The van der Waals surface area contributed by atoms with Gasteiger partial charge in [-0.05, 0) is 39.3 Å². The number of carbonyl (C=O) groups is 1. The second-order valence-corrected chi connectivity index (χ2v) is 6.76. The third kappa shape index (κ3) is 3.69. The molecule has 0 bridgehead atoms. The Kier molecular flexibility index (Phi) is 4.81. The lowest BCUT2D eigenvalue weighted by Crippen LogP contribution is -2.57. The average molecular weight is 343 g/mol. The molecule has 2 aromatic rings. The van der Waals surface area contributed by atoms with Crippen molar-refractivity contribution >= 4 is 5.91 Å². The second-order valence-electron chi connectivity index (χ2n) is 6.76. The summed E-state index contributed by atoms with van der Waals surface area (Å²) in [5, 5.41) is 15.0. The molecule has 25 heavy (non-hydrogen) atoms. The number of aliphatic hydroxyl groups is 1. The van der Waals surface area contributed by atoms with Crippen LogP contribution in [0.5, 0.6) is 5.75 Å². The number of aryl methyl sites for hydroxylation is 2. The van der Waals surface area contributed by atoms with Gasteiger partial charge in [0.2, 0.25) is 0 Å². The number of ether oxygens (including phenoxy) is 1. The van der Waals surface area contributed by atoms with E-state index in [1.54, 1.807) is 22.7 Å². The lowest BCUT2D eigenvalue weighted by atomic mass is 9.90. The Morgan fingerprint density at radius 1 is 1.40 bits per heavy atom. The predicted octanol–water partition coefficient (Wildman–Crippen LogP) is 2.26. The number of hydrogen-bond donors (Lipinski definition) is 1. The van der Waals surface area contributed by atoms with Gasteiger partial charge in [0.15, 0.2) is 0 Å². The molecule has 2 atom stereocenters. The number of benzene rings is 1. The Morgan fingerprint density at radius 2 is 2.12 bits per heavy atom. The van der Waals surface area contributed by atoms with Crippen LogP contribution in [0.3, 0.4) is 0 Å². The zero-order valence-corrected chi connectivity index (χ0v) is 15.0. The maximum Gasteiger partial charge on any atom is 0.257 e. The molecule has 6 nitrogen and oxygen atoms in total. The SMILES string of the molecule is CCn1cc(C(=O)N2CC[C@@](C)(O)[C@H](Oc3ccccc3)C2)c(C)n1. The first-order chi connectivity index (χ1) is 11.9. The van der Waals surface area contributed by atoms with Crippen molar-refractivity contribution in [2.24, 2.45) is 0 Å². The van der Waals surface area contributed by atoms with Crippen LogP contribution in [0.1, 0.15) is 36.3 Å². The summed E-state index contributed by atoms with van der Waals surface area (Å²) in [4.78, 5) is 14.6. The first-order valence-electron chi connectivity index (χ1n) is 8.68. The molecule has 1 aromatic heterocycles. The molecule has 1 N–H and O–H groups in total. The number of rotatable bonds is 4. The van der Waals surface area contributed by atoms with Gasteiger partial charge in [0.25, 0.3) is 5.91 Å². The molecule has 3 rings (SSSR count). The Hall–Kier alpha value is -2.34. The van der Waals surface area contributed by atoms with Crippen molar-refractivity contribution in [1.29, 1.82) is 0 Å². The molecule has 0 unspecified atom stereocenters. The van der Waals surface area contributed by atoms with Gasteiger partial charge in [0, 0.05) is 19.3 Å². The summed E-state index contributed by atoms with van der Waals surface area (Å²) in [6.45, 7) is 7.17. The van der Waals surface area contributed by atoms with Crippen LogP contribution in [0.2, 0.25) is 0 Å². The highest BCUT2D eigenvalue weighted by atomic mass is 16.5. The molecule has 1 amide bonds. The van der Waals surface area contributed by atoms with Gasteiger partial charge in [0.1, 0.15) is 17.5 Å². The number of nitrogens with zero attached hydrogens (tertiary/aromatic N) is 3. The summed E-state index contributed by atoms with van der Waals surface area (Å²) in [6, 6.07) is 9.39. The van der Waals surface area contributed by atoms with E-state index in [9.17, 15) is 9.90 Å². The van der Waals surface area contributed by atoms with E-state index in [1.807, 2.05) is 44.2 Å². The lowest BCUT2D eigenvalue weighted by Gasteiger charge is -2.42. The normalized spacial score (nSPS) is 23.5. The van der Waals surface area contributed by atoms with Gasteiger partial charge < -0.3 is 14.7 Å². The predicted molar refractivity (Wildman–Crippen MR) is 94.6 cm³/mol. The van der Waals surface area contributed by atoms with Crippen molar-refractivity contribution in [1.82, 2.24) is 14.7 Å². The van der Waals surface area contributed by atoms with Gasteiger partial charge in [-0.25, -0.2) is 0 Å². The highest BCUT2D eigenvalue weighted by molar-refractivity contribution is 5.95. The lowest BCUT2D eigenvalue weighted by molar-refractivity contribution is -0.0881. The standard InChI is InChI=1S/C19H25N3O3/c1-4-22-12-16(14(2)20-22)18(23)21-11-10-19(3,24)17(13-21)25-15-8-6-5-7-9-15/h5-9,12,17,24H,4,10-11,13H2,1-3H3/t17-,19-/m1/s1. The average Bonchev–Trinajstić information content (AvgIpc) is 2.98. The molecular formula is C19H25N3O3. The third-order valence-electron chi connectivity index (χ3n) is 4.78. The summed E-state index contributed by atoms with van der Waals surface area (Å²) >= 11 is 0. The minimum atomic E-state index is -0.977. The number of para-hydroxylation sites is 1. The molecule has 134 valence electrons. The second kappa shape index (κ2) is 6.88. The van der Waals surface area contributed by atoms with Gasteiger partial charge in [-0.2, -0.15) is 5.10 Å². The molecule has 0 spiro atoms. The molecule has 0 aliphatic carbocycles. The van der Waals surface area contributed by atoms with E-state index < -0.39 is 11.7 Å². The highest BCUT2D eigenvalue weighted by Crippen LogP contribution is 2.27. The van der Waals surface area contributed by atoms with Gasteiger partial charge in [-0.1, -0.05) is 18.2 Å². The van der Waals surface area contributed by atoms with Crippen LogP contribution in [-0.2, 0) is 6.54 Å². The molecule has 1 saturated heterocycles. The van der Waals surface area contributed by atoms with Crippen LogP contribution in [0.4, 0.5) is 0 Å². The number of piperidine rings is 1. The Morgan fingerprint density at radius 3 is 2.76 bits per heavy atom. The van der Waals surface area contributed by atoms with Crippen molar-refractivity contribution in [3.63, 3.8) is 0 Å². The molecule has 6 heteroatoms. The van der Waals surface area contributed by atoms with E-state index in [1.165, 1.54) is 0 Å². The number of amides is 1. The van der Waals surface area contributed by atoms with Crippen molar-refractivity contribution in [2.75, 3.05) is 13.1 Å². The van der Waals surface area contributed by atoms with Crippen LogP contribution < -0.4 is 4.74 Å². The van der Waals surface area contributed by atoms with E-state index in [2.05, 4.69) is 5.10 Å². The smallest absolute Gasteiger partial charge is 0.257 e. The largest absolute Gasteiger partial charge is 0.486 e. The number of carbonyl (C=O) groups excluding carboxylic acids is 1. The zero-order chi connectivity index (χ0) is 18.0. The third-order valence-corrected chi connectivity index (χ3v) is 4.78. The first kappa shape index (κ1) is 17.5. The van der Waals surface area contributed by atoms with Gasteiger partial charge in [0.05, 0.1) is 17.8 Å². The quantitative estimate of drug-likeness (QED) is 0.925. The van der Waals surface area contributed by atoms with E-state index in [0.29, 0.717) is 30.8 Å². The first-order valence-corrected chi connectivity index (χ1v) is 8.68. The van der Waals surface area contributed by atoms with Crippen LogP contribution in [0, 0.1) is 6.92 Å². The number of aromatic nitrogens is 2. The molecule has 1 aromatic carbocycles. The van der Waals surface area contributed by atoms with Gasteiger partial charge in [-0.15, -0.1) is 0 Å². The summed E-state index contributed by atoms with van der Waals surface area (Å²) in [5.41, 5.74) is 0.362.